The van der Waals surface area contributed by atoms with Gasteiger partial charge in [-0.25, -0.2) is 4.68 Å². The molecule has 0 bridgehead atoms. The second-order valence-corrected chi connectivity index (χ2v) is 2.39. The van der Waals surface area contributed by atoms with Crippen LogP contribution in [0, 0.1) is 0 Å². The molecule has 3 N–H and O–H groups in total. The molecule has 6 heteroatoms. The van der Waals surface area contributed by atoms with E-state index >= 15 is 0 Å². The maximum Gasteiger partial charge on any atom is 0.218 e. The van der Waals surface area contributed by atoms with Gasteiger partial charge in [0.25, 0.3) is 0 Å². The van der Waals surface area contributed by atoms with Crippen LogP contribution in [0.2, 0.25) is 0 Å². The third-order valence-electron chi connectivity index (χ3n) is 1.54. The zero-order valence-corrected chi connectivity index (χ0v) is 6.52. The molecule has 0 saturated carbocycles. The van der Waals surface area contributed by atoms with Crippen molar-refractivity contribution in [3.8, 4) is 11.5 Å². The van der Waals surface area contributed by atoms with Crippen molar-refractivity contribution >= 4 is 5.95 Å². The molecule has 0 aromatic carbocycles. The van der Waals surface area contributed by atoms with Crippen LogP contribution in [0.1, 0.15) is 0 Å². The molecule has 2 rings (SSSR count). The number of nitrogens with one attached hydrogen (secondary N) is 1. The molecule has 0 amide bonds. The molecule has 0 aliphatic heterocycles. The van der Waals surface area contributed by atoms with E-state index in [0.717, 1.165) is 5.69 Å². The number of H-pyrrole nitrogens is 1. The van der Waals surface area contributed by atoms with E-state index in [4.69, 9.17) is 5.73 Å². The smallest absolute Gasteiger partial charge is 0.218 e. The highest BCUT2D eigenvalue weighted by atomic mass is 15.4. The van der Waals surface area contributed by atoms with E-state index in [2.05, 4.69) is 20.3 Å². The fraction of sp³-hybridized carbons (Fsp3) is 0.167. The number of anilines is 1. The van der Waals surface area contributed by atoms with Gasteiger partial charge in [0.05, 0.1) is 0 Å². The first-order chi connectivity index (χ1) is 5.77. The van der Waals surface area contributed by atoms with Crippen LogP contribution in [-0.4, -0.2) is 25.0 Å². The second kappa shape index (κ2) is 2.33. The van der Waals surface area contributed by atoms with Gasteiger partial charge in [0.2, 0.25) is 11.8 Å². The van der Waals surface area contributed by atoms with Crippen molar-refractivity contribution in [3.63, 3.8) is 0 Å². The van der Waals surface area contributed by atoms with Crippen molar-refractivity contribution in [3.05, 3.63) is 12.3 Å². The molecule has 62 valence electrons. The van der Waals surface area contributed by atoms with Crippen LogP contribution in [0.15, 0.2) is 12.3 Å². The van der Waals surface area contributed by atoms with Gasteiger partial charge in [0.15, 0.2) is 0 Å². The molecule has 2 aromatic heterocycles. The molecule has 0 aliphatic carbocycles. The van der Waals surface area contributed by atoms with Crippen molar-refractivity contribution < 1.29 is 0 Å². The van der Waals surface area contributed by atoms with Crippen LogP contribution in [0.3, 0.4) is 0 Å². The van der Waals surface area contributed by atoms with Gasteiger partial charge in [0.1, 0.15) is 5.69 Å². The minimum Gasteiger partial charge on any atom is -0.368 e. The van der Waals surface area contributed by atoms with Gasteiger partial charge in [0, 0.05) is 13.2 Å². The van der Waals surface area contributed by atoms with E-state index in [1.807, 2.05) is 0 Å². The Hall–Kier alpha value is -1.85. The first-order valence-corrected chi connectivity index (χ1v) is 3.43. The Morgan fingerprint density at radius 3 is 2.92 bits per heavy atom. The van der Waals surface area contributed by atoms with E-state index in [0.29, 0.717) is 11.8 Å². The summed E-state index contributed by atoms with van der Waals surface area (Å²) < 4.78 is 1.51. The SMILES string of the molecule is Cn1nc(-c2ccn[nH]2)nc1N. The van der Waals surface area contributed by atoms with Crippen LogP contribution >= 0.6 is 0 Å². The van der Waals surface area contributed by atoms with Gasteiger partial charge < -0.3 is 5.73 Å². The van der Waals surface area contributed by atoms with E-state index in [1.165, 1.54) is 4.68 Å². The van der Waals surface area contributed by atoms with Crippen LogP contribution in [0.4, 0.5) is 5.95 Å². The average molecular weight is 164 g/mol. The minimum atomic E-state index is 0.389. The Labute approximate surface area is 68.4 Å². The van der Waals surface area contributed by atoms with Crippen LogP contribution < -0.4 is 5.73 Å². The Morgan fingerprint density at radius 2 is 2.42 bits per heavy atom. The van der Waals surface area contributed by atoms with E-state index < -0.39 is 0 Å². The molecule has 0 unspecified atom stereocenters. The molecule has 12 heavy (non-hydrogen) atoms. The van der Waals surface area contributed by atoms with Crippen molar-refractivity contribution in [1.29, 1.82) is 0 Å². The van der Waals surface area contributed by atoms with Gasteiger partial charge in [-0.2, -0.15) is 10.1 Å². The number of hydrogen-bond acceptors (Lipinski definition) is 4. The molecular weight excluding hydrogens is 156 g/mol. The largest absolute Gasteiger partial charge is 0.368 e. The Balaban J connectivity index is 2.48. The molecule has 6 nitrogen and oxygen atoms in total. The predicted molar refractivity (Wildman–Crippen MR) is 43.0 cm³/mol. The maximum absolute atomic E-state index is 5.50. The normalized spacial score (nSPS) is 10.4. The van der Waals surface area contributed by atoms with Gasteiger partial charge >= 0.3 is 0 Å². The number of nitrogens with zero attached hydrogens (tertiary/aromatic N) is 4. The van der Waals surface area contributed by atoms with Crippen LogP contribution in [0.5, 0.6) is 0 Å². The highest BCUT2D eigenvalue weighted by Gasteiger charge is 2.06. The minimum absolute atomic E-state index is 0.389. The quantitative estimate of drug-likeness (QED) is 0.610. The number of hydrogen-bond donors (Lipinski definition) is 2. The fourth-order valence-electron chi connectivity index (χ4n) is 0.891. The molecule has 0 saturated heterocycles. The van der Waals surface area contributed by atoms with E-state index in [-0.39, 0.29) is 0 Å². The average Bonchev–Trinajstić information content (AvgIpc) is 2.61. The Morgan fingerprint density at radius 1 is 1.58 bits per heavy atom. The summed E-state index contributed by atoms with van der Waals surface area (Å²) >= 11 is 0. The number of rotatable bonds is 1. The van der Waals surface area contributed by atoms with Crippen molar-refractivity contribution in [2.45, 2.75) is 0 Å². The van der Waals surface area contributed by atoms with Crippen molar-refractivity contribution in [2.75, 3.05) is 5.73 Å². The monoisotopic (exact) mass is 164 g/mol. The van der Waals surface area contributed by atoms with Gasteiger partial charge in [-0.05, 0) is 6.07 Å². The third-order valence-corrected chi connectivity index (χ3v) is 1.54. The summed E-state index contributed by atoms with van der Waals surface area (Å²) in [6, 6.07) is 1.79. The van der Waals surface area contributed by atoms with Gasteiger partial charge in [-0.1, -0.05) is 0 Å². The highest BCUT2D eigenvalue weighted by Crippen LogP contribution is 2.11. The summed E-state index contributed by atoms with van der Waals surface area (Å²) in [6.45, 7) is 0. The number of nitrogen functional groups attached to an aromatic ring is 1. The first-order valence-electron chi connectivity index (χ1n) is 3.43. The van der Waals surface area contributed by atoms with Crippen molar-refractivity contribution in [2.24, 2.45) is 7.05 Å². The number of aryl methyl sites for hydroxylation is 1. The van der Waals surface area contributed by atoms with Crippen LogP contribution in [0.25, 0.3) is 11.5 Å². The Kier molecular flexibility index (Phi) is 1.33. The zero-order chi connectivity index (χ0) is 8.55. The lowest BCUT2D eigenvalue weighted by Gasteiger charge is -1.85. The van der Waals surface area contributed by atoms with Gasteiger partial charge in [-0.3, -0.25) is 5.10 Å². The molecule has 0 aliphatic rings. The van der Waals surface area contributed by atoms with Crippen molar-refractivity contribution in [1.82, 2.24) is 25.0 Å². The molecule has 0 atom stereocenters. The number of nitrogens with two attached hydrogens (primary N) is 1. The van der Waals surface area contributed by atoms with E-state index in [9.17, 15) is 0 Å². The zero-order valence-electron chi connectivity index (χ0n) is 6.52. The predicted octanol–water partition coefficient (Wildman–Crippen LogP) is -0.213. The first kappa shape index (κ1) is 6.84. The Bertz CT molecular complexity index is 353. The maximum atomic E-state index is 5.50. The molecule has 0 fully saturated rings. The summed E-state index contributed by atoms with van der Waals surface area (Å²) in [7, 11) is 1.74. The molecule has 0 spiro atoms. The highest BCUT2D eigenvalue weighted by molar-refractivity contribution is 5.49. The fourth-order valence-corrected chi connectivity index (χ4v) is 0.891. The lowest BCUT2D eigenvalue weighted by Crippen LogP contribution is -1.97. The lowest BCUT2D eigenvalue weighted by atomic mass is 10.4. The summed E-state index contributed by atoms with van der Waals surface area (Å²) in [5.41, 5.74) is 6.27. The summed E-state index contributed by atoms with van der Waals surface area (Å²) in [5.74, 6) is 0.951. The molecule has 0 radical (unpaired) electrons. The lowest BCUT2D eigenvalue weighted by molar-refractivity contribution is 0.779. The summed E-state index contributed by atoms with van der Waals surface area (Å²) in [4.78, 5) is 4.01. The van der Waals surface area contributed by atoms with Gasteiger partial charge in [-0.15, -0.1) is 5.10 Å². The number of aromatic nitrogens is 5. The third kappa shape index (κ3) is 0.931. The molecule has 2 heterocycles. The molecule has 2 aromatic rings. The second-order valence-electron chi connectivity index (χ2n) is 2.39. The van der Waals surface area contributed by atoms with Crippen LogP contribution in [-0.2, 0) is 7.05 Å². The topological polar surface area (TPSA) is 85.4 Å². The summed E-state index contributed by atoms with van der Waals surface area (Å²) in [5, 5.41) is 10.6. The summed E-state index contributed by atoms with van der Waals surface area (Å²) in [6.07, 6.45) is 1.64. The standard InChI is InChI=1S/C6H8N6/c1-12-6(7)9-5(11-12)4-2-3-8-10-4/h2-3H,1H3,(H,8,10)(H2,7,9,11). The number of aromatic amines is 1. The molecular formula is C6H8N6. The van der Waals surface area contributed by atoms with E-state index in [1.54, 1.807) is 19.3 Å².